The summed E-state index contributed by atoms with van der Waals surface area (Å²) in [6.07, 6.45) is 8.71. The molecule has 1 heteroatoms. The van der Waals surface area contributed by atoms with Gasteiger partial charge in [-0.2, -0.15) is 0 Å². The second-order valence-electron chi connectivity index (χ2n) is 4.79. The van der Waals surface area contributed by atoms with Crippen LogP contribution >= 0.6 is 15.9 Å². The van der Waals surface area contributed by atoms with Crippen LogP contribution < -0.4 is 0 Å². The zero-order valence-corrected chi connectivity index (χ0v) is 11.2. The highest BCUT2D eigenvalue weighted by Crippen LogP contribution is 2.37. The number of benzene rings is 1. The molecule has 0 aromatic heterocycles. The fraction of sp³-hybridized carbons (Fsp3) is 0.467. The Kier molecular flexibility index (Phi) is 4.22. The van der Waals surface area contributed by atoms with Gasteiger partial charge in [-0.3, -0.25) is 0 Å². The zero-order valence-electron chi connectivity index (χ0n) is 9.66. The maximum Gasteiger partial charge on any atom is 0.0175 e. The van der Waals surface area contributed by atoms with Crippen LogP contribution in [0.1, 0.15) is 43.6 Å². The highest BCUT2D eigenvalue weighted by molar-refractivity contribution is 9.10. The van der Waals surface area contributed by atoms with Crippen LogP contribution in [0.25, 0.3) is 0 Å². The first-order chi connectivity index (χ1) is 7.79. The molecule has 0 N–H and O–H groups in total. The normalized spacial score (nSPS) is 25.3. The highest BCUT2D eigenvalue weighted by Gasteiger charge is 2.21. The number of hydrogen-bond donors (Lipinski definition) is 0. The Bertz CT molecular complexity index is 331. The maximum atomic E-state index is 3.84. The van der Waals surface area contributed by atoms with E-state index in [1.54, 1.807) is 0 Å². The van der Waals surface area contributed by atoms with Crippen molar-refractivity contribution in [2.24, 2.45) is 5.92 Å². The van der Waals surface area contributed by atoms with E-state index >= 15 is 0 Å². The van der Waals surface area contributed by atoms with Gasteiger partial charge in [-0.15, -0.1) is 6.58 Å². The maximum absolute atomic E-state index is 3.84. The van der Waals surface area contributed by atoms with Gasteiger partial charge in [0.05, 0.1) is 0 Å². The molecule has 0 atom stereocenters. The van der Waals surface area contributed by atoms with Crippen molar-refractivity contribution in [3.63, 3.8) is 0 Å². The lowest BCUT2D eigenvalue weighted by Crippen LogP contribution is -2.12. The second-order valence-corrected chi connectivity index (χ2v) is 5.71. The summed E-state index contributed by atoms with van der Waals surface area (Å²) >= 11 is 3.49. The average Bonchev–Trinajstić information content (AvgIpc) is 2.32. The van der Waals surface area contributed by atoms with Crippen LogP contribution in [-0.2, 0) is 0 Å². The van der Waals surface area contributed by atoms with Gasteiger partial charge < -0.3 is 0 Å². The van der Waals surface area contributed by atoms with E-state index in [1.165, 1.54) is 42.1 Å². The molecule has 0 aliphatic heterocycles. The fourth-order valence-corrected chi connectivity index (χ4v) is 2.97. The Morgan fingerprint density at radius 2 is 1.75 bits per heavy atom. The third-order valence-corrected chi connectivity index (χ3v) is 4.22. The van der Waals surface area contributed by atoms with Gasteiger partial charge >= 0.3 is 0 Å². The molecule has 1 aromatic rings. The number of hydrogen-bond acceptors (Lipinski definition) is 0. The Morgan fingerprint density at radius 3 is 2.31 bits per heavy atom. The lowest BCUT2D eigenvalue weighted by Gasteiger charge is -2.28. The minimum atomic E-state index is 0.786. The zero-order chi connectivity index (χ0) is 11.4. The predicted molar refractivity (Wildman–Crippen MR) is 73.7 cm³/mol. The number of halogens is 1. The van der Waals surface area contributed by atoms with Gasteiger partial charge in [0, 0.05) is 4.47 Å². The molecule has 16 heavy (non-hydrogen) atoms. The molecular formula is C15H19Br. The van der Waals surface area contributed by atoms with Gasteiger partial charge in [0.2, 0.25) is 0 Å². The molecule has 0 bridgehead atoms. The first-order valence-corrected chi connectivity index (χ1v) is 6.95. The number of allylic oxidation sites excluding steroid dienone is 1. The monoisotopic (exact) mass is 278 g/mol. The minimum absolute atomic E-state index is 0.786. The van der Waals surface area contributed by atoms with Crippen molar-refractivity contribution >= 4 is 15.9 Å². The standard InChI is InChI=1S/C15H19Br/c1-2-3-12-4-6-13(7-5-12)14-8-10-15(16)11-9-14/h2,8-13H,1,3-7H2. The third kappa shape index (κ3) is 2.98. The molecular weight excluding hydrogens is 260 g/mol. The summed E-state index contributed by atoms with van der Waals surface area (Å²) in [6, 6.07) is 8.85. The Balaban J connectivity index is 1.93. The van der Waals surface area contributed by atoms with E-state index in [9.17, 15) is 0 Å². The average molecular weight is 279 g/mol. The van der Waals surface area contributed by atoms with Crippen LogP contribution in [-0.4, -0.2) is 0 Å². The predicted octanol–water partition coefficient (Wildman–Crippen LogP) is 5.30. The summed E-state index contributed by atoms with van der Waals surface area (Å²) in [5.74, 6) is 1.68. The molecule has 0 amide bonds. The van der Waals surface area contributed by atoms with Crippen molar-refractivity contribution in [1.82, 2.24) is 0 Å². The van der Waals surface area contributed by atoms with Gasteiger partial charge in [0.25, 0.3) is 0 Å². The van der Waals surface area contributed by atoms with Gasteiger partial charge in [-0.05, 0) is 61.6 Å². The summed E-state index contributed by atoms with van der Waals surface area (Å²) in [6.45, 7) is 3.84. The molecule has 1 saturated carbocycles. The van der Waals surface area contributed by atoms with E-state index in [4.69, 9.17) is 0 Å². The largest absolute Gasteiger partial charge is 0.103 e. The van der Waals surface area contributed by atoms with Gasteiger partial charge in [0.15, 0.2) is 0 Å². The summed E-state index contributed by atoms with van der Waals surface area (Å²) in [5, 5.41) is 0. The van der Waals surface area contributed by atoms with Gasteiger partial charge in [-0.1, -0.05) is 34.1 Å². The molecule has 2 rings (SSSR count). The van der Waals surface area contributed by atoms with Crippen molar-refractivity contribution in [2.75, 3.05) is 0 Å². The van der Waals surface area contributed by atoms with Crippen molar-refractivity contribution in [3.8, 4) is 0 Å². The van der Waals surface area contributed by atoms with Crippen LogP contribution in [0, 0.1) is 5.92 Å². The molecule has 86 valence electrons. The number of rotatable bonds is 3. The van der Waals surface area contributed by atoms with Gasteiger partial charge in [-0.25, -0.2) is 0 Å². The van der Waals surface area contributed by atoms with Crippen molar-refractivity contribution in [2.45, 2.75) is 38.0 Å². The van der Waals surface area contributed by atoms with E-state index in [-0.39, 0.29) is 0 Å². The van der Waals surface area contributed by atoms with E-state index in [0.717, 1.165) is 11.8 Å². The fourth-order valence-electron chi connectivity index (χ4n) is 2.70. The Morgan fingerprint density at radius 1 is 1.12 bits per heavy atom. The molecule has 0 saturated heterocycles. The molecule has 0 nitrogen and oxygen atoms in total. The Hall–Kier alpha value is -0.560. The topological polar surface area (TPSA) is 0 Å². The van der Waals surface area contributed by atoms with Crippen LogP contribution in [0.5, 0.6) is 0 Å². The smallest absolute Gasteiger partial charge is 0.0175 e. The molecule has 0 spiro atoms. The molecule has 1 aliphatic carbocycles. The van der Waals surface area contributed by atoms with Gasteiger partial charge in [0.1, 0.15) is 0 Å². The second kappa shape index (κ2) is 5.67. The van der Waals surface area contributed by atoms with Crippen LogP contribution in [0.4, 0.5) is 0 Å². The van der Waals surface area contributed by atoms with Crippen molar-refractivity contribution in [3.05, 3.63) is 47.0 Å². The lowest BCUT2D eigenvalue weighted by molar-refractivity contribution is 0.328. The summed E-state index contributed by atoms with van der Waals surface area (Å²) in [7, 11) is 0. The van der Waals surface area contributed by atoms with Crippen LogP contribution in [0.3, 0.4) is 0 Å². The van der Waals surface area contributed by atoms with E-state index in [0.29, 0.717) is 0 Å². The SMILES string of the molecule is C=CCC1CCC(c2ccc(Br)cc2)CC1. The van der Waals surface area contributed by atoms with Crippen LogP contribution in [0.15, 0.2) is 41.4 Å². The molecule has 0 radical (unpaired) electrons. The summed E-state index contributed by atoms with van der Waals surface area (Å²) in [5.41, 5.74) is 1.51. The molecule has 1 fully saturated rings. The molecule has 1 aliphatic rings. The summed E-state index contributed by atoms with van der Waals surface area (Å²) < 4.78 is 1.18. The van der Waals surface area contributed by atoms with E-state index < -0.39 is 0 Å². The highest BCUT2D eigenvalue weighted by atomic mass is 79.9. The summed E-state index contributed by atoms with van der Waals surface area (Å²) in [4.78, 5) is 0. The molecule has 0 heterocycles. The molecule has 0 unspecified atom stereocenters. The third-order valence-electron chi connectivity index (χ3n) is 3.69. The van der Waals surface area contributed by atoms with Crippen molar-refractivity contribution in [1.29, 1.82) is 0 Å². The molecule has 1 aromatic carbocycles. The van der Waals surface area contributed by atoms with Crippen molar-refractivity contribution < 1.29 is 0 Å². The van der Waals surface area contributed by atoms with E-state index in [1.807, 2.05) is 0 Å². The minimum Gasteiger partial charge on any atom is -0.103 e. The van der Waals surface area contributed by atoms with Crippen LogP contribution in [0.2, 0.25) is 0 Å². The first kappa shape index (κ1) is 11.9. The lowest BCUT2D eigenvalue weighted by atomic mass is 9.78. The van der Waals surface area contributed by atoms with E-state index in [2.05, 4.69) is 52.9 Å². The first-order valence-electron chi connectivity index (χ1n) is 6.16. The quantitative estimate of drug-likeness (QED) is 0.659. The Labute approximate surface area is 107 Å².